The van der Waals surface area contributed by atoms with Gasteiger partial charge in [0.05, 0.1) is 5.56 Å². The van der Waals surface area contributed by atoms with Gasteiger partial charge in [0.25, 0.3) is 0 Å². The number of pyridine rings is 1. The lowest BCUT2D eigenvalue weighted by molar-refractivity contribution is -0.138. The fourth-order valence-electron chi connectivity index (χ4n) is 2.22. The molecule has 1 aromatic rings. The molecule has 2 rings (SSSR count). The number of nitrogens with zero attached hydrogens (tertiary/aromatic N) is 2. The number of hydrogen-bond donors (Lipinski definition) is 1. The van der Waals surface area contributed by atoms with E-state index in [9.17, 15) is 17.6 Å². The van der Waals surface area contributed by atoms with Gasteiger partial charge < -0.3 is 10.0 Å². The van der Waals surface area contributed by atoms with E-state index in [0.29, 0.717) is 25.4 Å². The van der Waals surface area contributed by atoms with Crippen molar-refractivity contribution in [1.29, 1.82) is 0 Å². The average Bonchev–Trinajstić information content (AvgIpc) is 2.37. The molecule has 1 fully saturated rings. The molecule has 3 nitrogen and oxygen atoms in total. The van der Waals surface area contributed by atoms with Gasteiger partial charge in [0.15, 0.2) is 11.6 Å². The Morgan fingerprint density at radius 2 is 2.16 bits per heavy atom. The second-order valence-electron chi connectivity index (χ2n) is 4.66. The van der Waals surface area contributed by atoms with E-state index in [4.69, 9.17) is 5.11 Å². The minimum Gasteiger partial charge on any atom is -0.396 e. The molecule has 0 radical (unpaired) electrons. The van der Waals surface area contributed by atoms with Crippen LogP contribution in [-0.2, 0) is 6.18 Å². The highest BCUT2D eigenvalue weighted by Crippen LogP contribution is 2.31. The Bertz CT molecular complexity index is 450. The van der Waals surface area contributed by atoms with Gasteiger partial charge in [-0.25, -0.2) is 9.37 Å². The zero-order valence-electron chi connectivity index (χ0n) is 10.1. The van der Waals surface area contributed by atoms with Crippen LogP contribution in [0.25, 0.3) is 0 Å². The standard InChI is InChI=1S/C12H14F4N2O/c13-10-4-9(12(14,15)16)5-17-11(10)18-3-1-2-8(6-18)7-19/h4-5,8,19H,1-3,6-7H2. The van der Waals surface area contributed by atoms with E-state index in [1.54, 1.807) is 4.90 Å². The summed E-state index contributed by atoms with van der Waals surface area (Å²) < 4.78 is 50.9. The van der Waals surface area contributed by atoms with E-state index in [0.717, 1.165) is 12.8 Å². The molecule has 1 unspecified atom stereocenters. The van der Waals surface area contributed by atoms with E-state index in [-0.39, 0.29) is 18.3 Å². The summed E-state index contributed by atoms with van der Waals surface area (Å²) in [6.45, 7) is 0.927. The first-order valence-corrected chi connectivity index (χ1v) is 6.00. The highest BCUT2D eigenvalue weighted by Gasteiger charge is 2.32. The molecule has 106 valence electrons. The minimum atomic E-state index is -4.60. The minimum absolute atomic E-state index is 0.0113. The molecule has 7 heteroatoms. The van der Waals surface area contributed by atoms with Crippen molar-refractivity contribution in [3.63, 3.8) is 0 Å². The predicted molar refractivity (Wildman–Crippen MR) is 61.2 cm³/mol. The summed E-state index contributed by atoms with van der Waals surface area (Å²) >= 11 is 0. The Morgan fingerprint density at radius 3 is 2.74 bits per heavy atom. The Balaban J connectivity index is 2.21. The van der Waals surface area contributed by atoms with Crippen LogP contribution < -0.4 is 4.90 Å². The second kappa shape index (κ2) is 5.32. The fourth-order valence-corrected chi connectivity index (χ4v) is 2.22. The Hall–Kier alpha value is -1.37. The third-order valence-corrected chi connectivity index (χ3v) is 3.23. The maximum Gasteiger partial charge on any atom is 0.417 e. The molecule has 1 aliphatic heterocycles. The first-order valence-electron chi connectivity index (χ1n) is 6.00. The van der Waals surface area contributed by atoms with Gasteiger partial charge in [-0.2, -0.15) is 13.2 Å². The van der Waals surface area contributed by atoms with Crippen LogP contribution in [0.15, 0.2) is 12.3 Å². The normalized spacial score (nSPS) is 20.7. The van der Waals surface area contributed by atoms with Crippen molar-refractivity contribution in [2.24, 2.45) is 5.92 Å². The van der Waals surface area contributed by atoms with Gasteiger partial charge in [0.2, 0.25) is 0 Å². The van der Waals surface area contributed by atoms with Crippen molar-refractivity contribution in [1.82, 2.24) is 4.98 Å². The molecule has 0 aromatic carbocycles. The van der Waals surface area contributed by atoms with Crippen LogP contribution in [0, 0.1) is 11.7 Å². The summed E-state index contributed by atoms with van der Waals surface area (Å²) in [7, 11) is 0. The van der Waals surface area contributed by atoms with Gasteiger partial charge in [0, 0.05) is 25.9 Å². The van der Waals surface area contributed by atoms with Gasteiger partial charge in [-0.05, 0) is 24.8 Å². The molecule has 0 spiro atoms. The highest BCUT2D eigenvalue weighted by atomic mass is 19.4. The number of hydrogen-bond acceptors (Lipinski definition) is 3. The zero-order chi connectivity index (χ0) is 14.0. The van der Waals surface area contributed by atoms with Crippen LogP contribution in [0.4, 0.5) is 23.4 Å². The number of aromatic nitrogens is 1. The zero-order valence-corrected chi connectivity index (χ0v) is 10.1. The Kier molecular flexibility index (Phi) is 3.93. The summed E-state index contributed by atoms with van der Waals surface area (Å²) in [6, 6.07) is 0.463. The first kappa shape index (κ1) is 14.0. The number of aliphatic hydroxyl groups is 1. The molecule has 0 bridgehead atoms. The molecule has 19 heavy (non-hydrogen) atoms. The van der Waals surface area contributed by atoms with E-state index >= 15 is 0 Å². The van der Waals surface area contributed by atoms with Gasteiger partial charge in [-0.15, -0.1) is 0 Å². The van der Waals surface area contributed by atoms with Gasteiger partial charge in [-0.1, -0.05) is 0 Å². The van der Waals surface area contributed by atoms with Crippen molar-refractivity contribution in [2.45, 2.75) is 19.0 Å². The topological polar surface area (TPSA) is 36.4 Å². The molecular formula is C12H14F4N2O. The largest absolute Gasteiger partial charge is 0.417 e. The molecule has 1 aliphatic rings. The lowest BCUT2D eigenvalue weighted by Crippen LogP contribution is -2.37. The van der Waals surface area contributed by atoms with E-state index in [1.165, 1.54) is 0 Å². The first-order chi connectivity index (χ1) is 8.91. The molecule has 0 amide bonds. The SMILES string of the molecule is OCC1CCCN(c2ncc(C(F)(F)F)cc2F)C1. The number of rotatable bonds is 2. The number of piperidine rings is 1. The Morgan fingerprint density at radius 1 is 1.42 bits per heavy atom. The van der Waals surface area contributed by atoms with E-state index < -0.39 is 17.6 Å². The predicted octanol–water partition coefficient (Wildman–Crippen LogP) is 2.45. The molecule has 0 saturated carbocycles. The quantitative estimate of drug-likeness (QED) is 0.844. The van der Waals surface area contributed by atoms with Crippen molar-refractivity contribution in [3.8, 4) is 0 Å². The summed E-state index contributed by atoms with van der Waals surface area (Å²) in [5.74, 6) is -1.04. The maximum absolute atomic E-state index is 13.7. The number of alkyl halides is 3. The smallest absolute Gasteiger partial charge is 0.396 e. The van der Waals surface area contributed by atoms with Gasteiger partial charge in [-0.3, -0.25) is 0 Å². The van der Waals surface area contributed by atoms with Crippen LogP contribution in [0.5, 0.6) is 0 Å². The Labute approximate surface area is 107 Å². The van der Waals surface area contributed by atoms with Crippen LogP contribution >= 0.6 is 0 Å². The molecule has 1 saturated heterocycles. The lowest BCUT2D eigenvalue weighted by Gasteiger charge is -2.32. The molecule has 2 heterocycles. The van der Waals surface area contributed by atoms with E-state index in [2.05, 4.69) is 4.98 Å². The average molecular weight is 278 g/mol. The van der Waals surface area contributed by atoms with Gasteiger partial charge in [0.1, 0.15) is 0 Å². The number of halogens is 4. The third kappa shape index (κ3) is 3.15. The monoisotopic (exact) mass is 278 g/mol. The van der Waals surface area contributed by atoms with Gasteiger partial charge >= 0.3 is 6.18 Å². The summed E-state index contributed by atoms with van der Waals surface area (Å²) in [5, 5.41) is 9.09. The summed E-state index contributed by atoms with van der Waals surface area (Å²) in [5.41, 5.74) is -1.09. The second-order valence-corrected chi connectivity index (χ2v) is 4.66. The van der Waals surface area contributed by atoms with Crippen LogP contribution in [-0.4, -0.2) is 29.8 Å². The third-order valence-electron chi connectivity index (χ3n) is 3.23. The van der Waals surface area contributed by atoms with E-state index in [1.807, 2.05) is 0 Å². The molecule has 1 aromatic heterocycles. The van der Waals surface area contributed by atoms with Crippen molar-refractivity contribution >= 4 is 5.82 Å². The fraction of sp³-hybridized carbons (Fsp3) is 0.583. The summed E-state index contributed by atoms with van der Waals surface area (Å²) in [4.78, 5) is 5.17. The highest BCUT2D eigenvalue weighted by molar-refractivity contribution is 5.42. The van der Waals surface area contributed by atoms with Crippen molar-refractivity contribution in [2.75, 3.05) is 24.6 Å². The van der Waals surface area contributed by atoms with Crippen LogP contribution in [0.1, 0.15) is 18.4 Å². The maximum atomic E-state index is 13.7. The molecule has 1 N–H and O–H groups in total. The van der Waals surface area contributed by atoms with Crippen molar-refractivity contribution < 1.29 is 22.7 Å². The van der Waals surface area contributed by atoms with Crippen LogP contribution in [0.3, 0.4) is 0 Å². The molecule has 1 atom stereocenters. The molecular weight excluding hydrogens is 264 g/mol. The lowest BCUT2D eigenvalue weighted by atomic mass is 9.99. The van der Waals surface area contributed by atoms with Crippen LogP contribution in [0.2, 0.25) is 0 Å². The van der Waals surface area contributed by atoms with Crippen molar-refractivity contribution in [3.05, 3.63) is 23.6 Å². The summed E-state index contributed by atoms with van der Waals surface area (Å²) in [6.07, 6.45) is -2.37. The molecule has 0 aliphatic carbocycles. The number of anilines is 1. The number of aliphatic hydroxyl groups excluding tert-OH is 1.